The van der Waals surface area contributed by atoms with Crippen LogP contribution in [0.5, 0.6) is 0 Å². The smallest absolute Gasteiger partial charge is 0.156 e. The zero-order valence-electron chi connectivity index (χ0n) is 9.55. The Morgan fingerprint density at radius 2 is 1.87 bits per heavy atom. The van der Waals surface area contributed by atoms with E-state index < -0.39 is 0 Å². The van der Waals surface area contributed by atoms with E-state index in [1.54, 1.807) is 0 Å². The molecule has 1 saturated carbocycles. The van der Waals surface area contributed by atoms with E-state index in [0.29, 0.717) is 5.78 Å². The van der Waals surface area contributed by atoms with Crippen molar-refractivity contribution in [3.05, 3.63) is 0 Å². The Morgan fingerprint density at radius 3 is 2.40 bits per heavy atom. The molecule has 1 heterocycles. The molecule has 2 rings (SSSR count). The van der Waals surface area contributed by atoms with E-state index in [9.17, 15) is 4.79 Å². The molecule has 3 heteroatoms. The summed E-state index contributed by atoms with van der Waals surface area (Å²) in [7, 11) is 1.93. The van der Waals surface area contributed by atoms with Gasteiger partial charge in [-0.05, 0) is 32.7 Å². The zero-order chi connectivity index (χ0) is 10.7. The lowest BCUT2D eigenvalue weighted by Gasteiger charge is -2.32. The molecule has 0 atom stereocenters. The number of carbonyl (C=O) groups excluding carboxylic acids is 1. The number of hydrogen-bond donors (Lipinski definition) is 1. The third kappa shape index (κ3) is 2.08. The Bertz CT molecular complexity index is 228. The molecule has 1 aliphatic carbocycles. The van der Waals surface area contributed by atoms with Crippen molar-refractivity contribution in [2.45, 2.75) is 44.1 Å². The highest BCUT2D eigenvalue weighted by atomic mass is 16.5. The summed E-state index contributed by atoms with van der Waals surface area (Å²) in [6, 6.07) is 0. The van der Waals surface area contributed by atoms with Gasteiger partial charge in [-0.25, -0.2) is 0 Å². The number of rotatable bonds is 3. The molecule has 0 amide bonds. The SMILES string of the molecule is CNC1(C(=O)C2CCOCC2)CCCC1. The van der Waals surface area contributed by atoms with Gasteiger partial charge < -0.3 is 10.1 Å². The standard InChI is InChI=1S/C12H21NO2/c1-13-12(6-2-3-7-12)11(14)10-4-8-15-9-5-10/h10,13H,2-9H2,1H3. The van der Waals surface area contributed by atoms with E-state index in [1.165, 1.54) is 12.8 Å². The highest BCUT2D eigenvalue weighted by molar-refractivity contribution is 5.90. The first-order valence-corrected chi connectivity index (χ1v) is 6.09. The summed E-state index contributed by atoms with van der Waals surface area (Å²) in [5, 5.41) is 3.28. The van der Waals surface area contributed by atoms with Crippen LogP contribution in [0.15, 0.2) is 0 Å². The molecule has 0 bridgehead atoms. The lowest BCUT2D eigenvalue weighted by molar-refractivity contribution is -0.132. The van der Waals surface area contributed by atoms with E-state index in [4.69, 9.17) is 4.74 Å². The third-order valence-corrected chi connectivity index (χ3v) is 4.00. The van der Waals surface area contributed by atoms with E-state index in [0.717, 1.165) is 38.9 Å². The van der Waals surface area contributed by atoms with E-state index in [-0.39, 0.29) is 11.5 Å². The number of ketones is 1. The molecule has 1 aliphatic heterocycles. The van der Waals surface area contributed by atoms with Gasteiger partial charge in [0.25, 0.3) is 0 Å². The molecule has 1 saturated heterocycles. The first kappa shape index (κ1) is 11.1. The topological polar surface area (TPSA) is 38.3 Å². The Hall–Kier alpha value is -0.410. The highest BCUT2D eigenvalue weighted by Gasteiger charge is 2.42. The number of nitrogens with one attached hydrogen (secondary N) is 1. The maximum atomic E-state index is 12.4. The second-order valence-electron chi connectivity index (χ2n) is 4.79. The molecule has 2 aliphatic rings. The number of Topliss-reactive ketones (excluding diaryl/α,β-unsaturated/α-hetero) is 1. The summed E-state index contributed by atoms with van der Waals surface area (Å²) in [4.78, 5) is 12.4. The molecular weight excluding hydrogens is 190 g/mol. The van der Waals surface area contributed by atoms with E-state index in [2.05, 4.69) is 5.32 Å². The second kappa shape index (κ2) is 4.62. The van der Waals surface area contributed by atoms with Crippen LogP contribution in [0.3, 0.4) is 0 Å². The fraction of sp³-hybridized carbons (Fsp3) is 0.917. The van der Waals surface area contributed by atoms with Crippen molar-refractivity contribution in [1.82, 2.24) is 5.32 Å². The van der Waals surface area contributed by atoms with Crippen LogP contribution in [-0.2, 0) is 9.53 Å². The van der Waals surface area contributed by atoms with Crippen molar-refractivity contribution >= 4 is 5.78 Å². The highest BCUT2D eigenvalue weighted by Crippen LogP contribution is 2.34. The lowest BCUT2D eigenvalue weighted by atomic mass is 9.81. The zero-order valence-corrected chi connectivity index (χ0v) is 9.55. The first-order chi connectivity index (χ1) is 7.28. The van der Waals surface area contributed by atoms with E-state index in [1.807, 2.05) is 7.05 Å². The van der Waals surface area contributed by atoms with Crippen molar-refractivity contribution in [3.63, 3.8) is 0 Å². The number of carbonyl (C=O) groups is 1. The molecule has 0 aromatic rings. The summed E-state index contributed by atoms with van der Waals surface area (Å²) < 4.78 is 5.31. The minimum Gasteiger partial charge on any atom is -0.381 e. The molecule has 2 fully saturated rings. The largest absolute Gasteiger partial charge is 0.381 e. The normalized spacial score (nSPS) is 26.7. The van der Waals surface area contributed by atoms with Gasteiger partial charge in [0.2, 0.25) is 0 Å². The van der Waals surface area contributed by atoms with Gasteiger partial charge in [-0.1, -0.05) is 12.8 Å². The quantitative estimate of drug-likeness (QED) is 0.769. The van der Waals surface area contributed by atoms with Gasteiger partial charge in [-0.2, -0.15) is 0 Å². The van der Waals surface area contributed by atoms with Crippen LogP contribution in [0.4, 0.5) is 0 Å². The summed E-state index contributed by atoms with van der Waals surface area (Å²) in [5.74, 6) is 0.690. The Balaban J connectivity index is 2.03. The predicted octanol–water partition coefficient (Wildman–Crippen LogP) is 1.51. The molecule has 0 unspecified atom stereocenters. The van der Waals surface area contributed by atoms with Gasteiger partial charge in [0, 0.05) is 19.1 Å². The van der Waals surface area contributed by atoms with Gasteiger partial charge >= 0.3 is 0 Å². The van der Waals surface area contributed by atoms with Gasteiger partial charge in [0.15, 0.2) is 5.78 Å². The van der Waals surface area contributed by atoms with Crippen LogP contribution in [0, 0.1) is 5.92 Å². The molecule has 0 aromatic heterocycles. The van der Waals surface area contributed by atoms with Crippen LogP contribution in [0.1, 0.15) is 38.5 Å². The number of hydrogen-bond acceptors (Lipinski definition) is 3. The fourth-order valence-corrected chi connectivity index (χ4v) is 2.95. The average Bonchev–Trinajstić information content (AvgIpc) is 2.79. The van der Waals surface area contributed by atoms with Crippen LogP contribution in [-0.4, -0.2) is 31.6 Å². The van der Waals surface area contributed by atoms with Crippen molar-refractivity contribution in [2.75, 3.05) is 20.3 Å². The molecule has 1 N–H and O–H groups in total. The Labute approximate surface area is 91.6 Å². The van der Waals surface area contributed by atoms with Crippen LogP contribution >= 0.6 is 0 Å². The summed E-state index contributed by atoms with van der Waals surface area (Å²) >= 11 is 0. The minimum absolute atomic E-state index is 0.192. The molecule has 3 nitrogen and oxygen atoms in total. The molecule has 86 valence electrons. The summed E-state index contributed by atoms with van der Waals surface area (Å²) in [5.41, 5.74) is -0.192. The van der Waals surface area contributed by atoms with Crippen molar-refractivity contribution in [2.24, 2.45) is 5.92 Å². The number of ether oxygens (including phenoxy) is 1. The molecule has 15 heavy (non-hydrogen) atoms. The average molecular weight is 211 g/mol. The molecule has 0 spiro atoms. The van der Waals surface area contributed by atoms with Crippen LogP contribution < -0.4 is 5.32 Å². The first-order valence-electron chi connectivity index (χ1n) is 6.09. The van der Waals surface area contributed by atoms with Gasteiger partial charge in [0.1, 0.15) is 0 Å². The van der Waals surface area contributed by atoms with Gasteiger partial charge in [-0.3, -0.25) is 4.79 Å². The minimum atomic E-state index is -0.192. The maximum Gasteiger partial charge on any atom is 0.156 e. The third-order valence-electron chi connectivity index (χ3n) is 4.00. The van der Waals surface area contributed by atoms with Crippen molar-refractivity contribution in [1.29, 1.82) is 0 Å². The van der Waals surface area contributed by atoms with E-state index >= 15 is 0 Å². The molecule has 0 radical (unpaired) electrons. The summed E-state index contributed by atoms with van der Waals surface area (Å²) in [6.45, 7) is 1.52. The maximum absolute atomic E-state index is 12.4. The molecular formula is C12H21NO2. The summed E-state index contributed by atoms with van der Waals surface area (Å²) in [6.07, 6.45) is 6.27. The van der Waals surface area contributed by atoms with Crippen molar-refractivity contribution in [3.8, 4) is 0 Å². The Morgan fingerprint density at radius 1 is 1.27 bits per heavy atom. The van der Waals surface area contributed by atoms with Crippen molar-refractivity contribution < 1.29 is 9.53 Å². The Kier molecular flexibility index (Phi) is 3.42. The molecule has 0 aromatic carbocycles. The van der Waals surface area contributed by atoms with Crippen LogP contribution in [0.2, 0.25) is 0 Å². The second-order valence-corrected chi connectivity index (χ2v) is 4.79. The van der Waals surface area contributed by atoms with Gasteiger partial charge in [-0.15, -0.1) is 0 Å². The fourth-order valence-electron chi connectivity index (χ4n) is 2.95. The number of likely N-dealkylation sites (N-methyl/N-ethyl adjacent to an activating group) is 1. The van der Waals surface area contributed by atoms with Crippen LogP contribution in [0.25, 0.3) is 0 Å². The predicted molar refractivity (Wildman–Crippen MR) is 58.8 cm³/mol. The lowest BCUT2D eigenvalue weighted by Crippen LogP contribution is -2.51. The van der Waals surface area contributed by atoms with Gasteiger partial charge in [0.05, 0.1) is 5.54 Å². The monoisotopic (exact) mass is 211 g/mol.